The fourth-order valence-corrected chi connectivity index (χ4v) is 3.92. The monoisotopic (exact) mass is 552 g/mol. The van der Waals surface area contributed by atoms with Crippen LogP contribution in [0.5, 0.6) is 5.75 Å². The normalized spacial score (nSPS) is 11.3. The van der Waals surface area contributed by atoms with Gasteiger partial charge in [-0.3, -0.25) is 14.9 Å². The van der Waals surface area contributed by atoms with E-state index < -0.39 is 4.92 Å². The molecule has 10 heteroatoms. The number of unbranched alkanes of at least 4 members (excludes halogenated alkanes) is 1. The largest absolute Gasteiger partial charge is 0.482 e. The van der Waals surface area contributed by atoms with Gasteiger partial charge in [0.25, 0.3) is 5.56 Å². The van der Waals surface area contributed by atoms with Crippen molar-refractivity contribution in [2.75, 3.05) is 0 Å². The number of nitrogens with zero attached hydrogens (tertiary/aromatic N) is 4. The maximum Gasteiger partial charge on any atom is 0.311 e. The Labute approximate surface area is 214 Å². The number of hydrogen-bond donors (Lipinski definition) is 0. The molecule has 0 bridgehead atoms. The number of aromatic nitrogens is 2. The molecule has 0 spiro atoms. The van der Waals surface area contributed by atoms with Crippen molar-refractivity contribution in [1.82, 2.24) is 9.66 Å². The zero-order valence-electron chi connectivity index (χ0n) is 19.4. The molecule has 8 nitrogen and oxygen atoms in total. The summed E-state index contributed by atoms with van der Waals surface area (Å²) >= 11 is 3.38. The van der Waals surface area contributed by atoms with Crippen LogP contribution in [0, 0.1) is 15.9 Å². The van der Waals surface area contributed by atoms with E-state index in [-0.39, 0.29) is 29.4 Å². The molecule has 1 aromatic heterocycles. The van der Waals surface area contributed by atoms with Crippen LogP contribution in [0.25, 0.3) is 10.9 Å². The summed E-state index contributed by atoms with van der Waals surface area (Å²) in [5.74, 6) is 0.209. The van der Waals surface area contributed by atoms with E-state index >= 15 is 0 Å². The molecule has 0 radical (unpaired) electrons. The second-order valence-corrected chi connectivity index (χ2v) is 8.97. The highest BCUT2D eigenvalue weighted by atomic mass is 79.9. The van der Waals surface area contributed by atoms with E-state index in [1.807, 2.05) is 13.0 Å². The van der Waals surface area contributed by atoms with Gasteiger partial charge in [-0.2, -0.15) is 9.78 Å². The molecule has 0 amide bonds. The third-order valence-electron chi connectivity index (χ3n) is 5.44. The number of nitro benzene ring substituents is 1. The summed E-state index contributed by atoms with van der Waals surface area (Å²) in [4.78, 5) is 28.9. The molecule has 0 unspecified atom stereocenters. The molecule has 4 aromatic rings. The van der Waals surface area contributed by atoms with Crippen LogP contribution >= 0.6 is 15.9 Å². The standard InChI is InChI=1S/C26H22BrFN4O4/c1-2-3-4-25-30-22-11-8-19(27)14-21(22)26(33)31(25)29-15-18-7-12-24(23(13-18)32(34)35)36-16-17-5-9-20(28)10-6-17/h5-15H,2-4,16H2,1H3. The predicted octanol–water partition coefficient (Wildman–Crippen LogP) is 6.01. The summed E-state index contributed by atoms with van der Waals surface area (Å²) in [5.41, 5.74) is 1.10. The zero-order chi connectivity index (χ0) is 25.7. The summed E-state index contributed by atoms with van der Waals surface area (Å²) in [6, 6.07) is 15.4. The van der Waals surface area contributed by atoms with Crippen molar-refractivity contribution in [2.24, 2.45) is 5.10 Å². The second kappa shape index (κ2) is 11.2. The molecule has 0 aliphatic rings. The Morgan fingerprint density at radius 2 is 1.94 bits per heavy atom. The summed E-state index contributed by atoms with van der Waals surface area (Å²) in [5, 5.41) is 16.4. The van der Waals surface area contributed by atoms with E-state index in [1.54, 1.807) is 30.3 Å². The van der Waals surface area contributed by atoms with Crippen molar-refractivity contribution in [1.29, 1.82) is 0 Å². The quantitative estimate of drug-likeness (QED) is 0.144. The number of rotatable bonds is 9. The van der Waals surface area contributed by atoms with Gasteiger partial charge in [0.1, 0.15) is 18.2 Å². The number of hydrogen-bond acceptors (Lipinski definition) is 6. The van der Waals surface area contributed by atoms with Gasteiger partial charge in [-0.25, -0.2) is 9.37 Å². The van der Waals surface area contributed by atoms with Gasteiger partial charge in [0.15, 0.2) is 5.75 Å². The number of benzene rings is 3. The minimum atomic E-state index is -0.550. The molecule has 3 aromatic carbocycles. The summed E-state index contributed by atoms with van der Waals surface area (Å²) in [6.45, 7) is 2.09. The highest BCUT2D eigenvalue weighted by molar-refractivity contribution is 9.10. The van der Waals surface area contributed by atoms with E-state index in [2.05, 4.69) is 26.0 Å². The minimum Gasteiger partial charge on any atom is -0.482 e. The molecular weight excluding hydrogens is 531 g/mol. The summed E-state index contributed by atoms with van der Waals surface area (Å²) in [7, 11) is 0. The first-order valence-electron chi connectivity index (χ1n) is 11.3. The Balaban J connectivity index is 1.65. The van der Waals surface area contributed by atoms with Crippen LogP contribution in [0.15, 0.2) is 75.0 Å². The van der Waals surface area contributed by atoms with Gasteiger partial charge in [-0.15, -0.1) is 0 Å². The van der Waals surface area contributed by atoms with Crippen LogP contribution < -0.4 is 10.3 Å². The van der Waals surface area contributed by atoms with Crippen LogP contribution in [-0.2, 0) is 13.0 Å². The van der Waals surface area contributed by atoms with Gasteiger partial charge in [-0.1, -0.05) is 41.4 Å². The average molecular weight is 553 g/mol. The lowest BCUT2D eigenvalue weighted by atomic mass is 10.2. The van der Waals surface area contributed by atoms with Crippen LogP contribution in [0.1, 0.15) is 36.7 Å². The van der Waals surface area contributed by atoms with Crippen molar-refractivity contribution in [3.63, 3.8) is 0 Å². The summed E-state index contributed by atoms with van der Waals surface area (Å²) in [6.07, 6.45) is 3.70. The molecule has 0 fully saturated rings. The lowest BCUT2D eigenvalue weighted by Gasteiger charge is -2.09. The maximum absolute atomic E-state index is 13.2. The second-order valence-electron chi connectivity index (χ2n) is 8.05. The molecule has 0 atom stereocenters. The average Bonchev–Trinajstić information content (AvgIpc) is 2.87. The molecule has 36 heavy (non-hydrogen) atoms. The molecular formula is C26H22BrFN4O4. The van der Waals surface area contributed by atoms with Gasteiger partial charge < -0.3 is 4.74 Å². The Kier molecular flexibility index (Phi) is 7.84. The first-order valence-corrected chi connectivity index (χ1v) is 12.1. The Morgan fingerprint density at radius 1 is 1.17 bits per heavy atom. The van der Waals surface area contributed by atoms with Gasteiger partial charge in [0.2, 0.25) is 0 Å². The topological polar surface area (TPSA) is 99.6 Å². The lowest BCUT2D eigenvalue weighted by molar-refractivity contribution is -0.385. The Bertz CT molecular complexity index is 1500. The van der Waals surface area contributed by atoms with Gasteiger partial charge in [0, 0.05) is 22.5 Å². The van der Waals surface area contributed by atoms with Crippen LogP contribution in [-0.4, -0.2) is 20.8 Å². The summed E-state index contributed by atoms with van der Waals surface area (Å²) < 4.78 is 20.7. The van der Waals surface area contributed by atoms with Gasteiger partial charge in [-0.05, 0) is 54.4 Å². The van der Waals surface area contributed by atoms with Crippen LogP contribution in [0.2, 0.25) is 0 Å². The number of halogens is 2. The van der Waals surface area contributed by atoms with E-state index in [9.17, 15) is 19.3 Å². The Morgan fingerprint density at radius 3 is 2.67 bits per heavy atom. The van der Waals surface area contributed by atoms with Crippen LogP contribution in [0.4, 0.5) is 10.1 Å². The highest BCUT2D eigenvalue weighted by Crippen LogP contribution is 2.28. The van der Waals surface area contributed by atoms with Crippen LogP contribution in [0.3, 0.4) is 0 Å². The number of ether oxygens (including phenoxy) is 1. The third kappa shape index (κ3) is 5.83. The number of fused-ring (bicyclic) bond motifs is 1. The highest BCUT2D eigenvalue weighted by Gasteiger charge is 2.16. The first-order chi connectivity index (χ1) is 17.4. The van der Waals surface area contributed by atoms with Crippen molar-refractivity contribution in [3.05, 3.63) is 108 Å². The van der Waals surface area contributed by atoms with Crippen molar-refractivity contribution in [3.8, 4) is 5.75 Å². The number of nitro groups is 1. The smallest absolute Gasteiger partial charge is 0.311 e. The molecule has 1 heterocycles. The van der Waals surface area contributed by atoms with Crippen molar-refractivity contribution >= 4 is 38.7 Å². The van der Waals surface area contributed by atoms with E-state index in [4.69, 9.17) is 4.74 Å². The molecule has 0 saturated carbocycles. The lowest BCUT2D eigenvalue weighted by Crippen LogP contribution is -2.22. The zero-order valence-corrected chi connectivity index (χ0v) is 20.9. The number of aryl methyl sites for hydroxylation is 1. The van der Waals surface area contributed by atoms with E-state index in [0.717, 1.165) is 17.3 Å². The predicted molar refractivity (Wildman–Crippen MR) is 139 cm³/mol. The third-order valence-corrected chi connectivity index (χ3v) is 5.93. The van der Waals surface area contributed by atoms with Crippen molar-refractivity contribution < 1.29 is 14.1 Å². The molecule has 4 rings (SSSR count). The van der Waals surface area contributed by atoms with E-state index in [1.165, 1.54) is 35.2 Å². The molecule has 184 valence electrons. The molecule has 0 aliphatic heterocycles. The molecule has 0 N–H and O–H groups in total. The van der Waals surface area contributed by atoms with Gasteiger partial charge in [0.05, 0.1) is 22.0 Å². The van der Waals surface area contributed by atoms with Gasteiger partial charge >= 0.3 is 5.69 Å². The molecule has 0 aliphatic carbocycles. The van der Waals surface area contributed by atoms with Crippen molar-refractivity contribution in [2.45, 2.75) is 32.8 Å². The SMILES string of the molecule is CCCCc1nc2ccc(Br)cc2c(=O)n1N=Cc1ccc(OCc2ccc(F)cc2)c([N+](=O)[O-])c1. The Hall–Kier alpha value is -3.92. The minimum absolute atomic E-state index is 0.0447. The fourth-order valence-electron chi connectivity index (χ4n) is 3.56. The molecule has 0 saturated heterocycles. The fraction of sp³-hybridized carbons (Fsp3) is 0.192. The first kappa shape index (κ1) is 25.2. The maximum atomic E-state index is 13.2. The van der Waals surface area contributed by atoms with E-state index in [0.29, 0.717) is 34.3 Å².